The molecule has 3 aromatic rings. The summed E-state index contributed by atoms with van der Waals surface area (Å²) in [5.41, 5.74) is 0.0525. The van der Waals surface area contributed by atoms with E-state index in [4.69, 9.17) is 9.15 Å². The Kier molecular flexibility index (Phi) is 7.71. The maximum absolute atomic E-state index is 13.6. The van der Waals surface area contributed by atoms with E-state index in [0.717, 1.165) is 24.8 Å². The van der Waals surface area contributed by atoms with Crippen LogP contribution in [0.4, 0.5) is 16.5 Å². The normalized spacial score (nSPS) is 15.9. The highest BCUT2D eigenvalue weighted by atomic mass is 16.6. The second kappa shape index (κ2) is 10.8. The summed E-state index contributed by atoms with van der Waals surface area (Å²) in [5.74, 6) is -0.167. The molecule has 1 saturated carbocycles. The van der Waals surface area contributed by atoms with E-state index in [1.807, 2.05) is 19.1 Å². The second-order valence-corrected chi connectivity index (χ2v) is 10.8. The molecule has 1 aliphatic rings. The summed E-state index contributed by atoms with van der Waals surface area (Å²) in [6, 6.07) is 6.80. The van der Waals surface area contributed by atoms with Gasteiger partial charge in [-0.3, -0.25) is 15.1 Å². The Hall–Kier alpha value is -3.95. The van der Waals surface area contributed by atoms with E-state index in [2.05, 4.69) is 25.9 Å². The third-order valence-electron chi connectivity index (χ3n) is 6.74. The Labute approximate surface area is 221 Å². The summed E-state index contributed by atoms with van der Waals surface area (Å²) in [4.78, 5) is 47.4. The number of aromatic nitrogens is 2. The summed E-state index contributed by atoms with van der Waals surface area (Å²) in [7, 11) is 0. The molecule has 0 radical (unpaired) electrons. The molecule has 1 fully saturated rings. The van der Waals surface area contributed by atoms with Crippen molar-refractivity contribution >= 4 is 34.6 Å². The SMILES string of the molecule is Cc1c(NC(=O)OC(C)(C)C)ccc2nc(NC3(C(=O)NC(C)c4ccncc4)CCCCC3)oc(=O)c12. The minimum absolute atomic E-state index is 0.0108. The molecule has 0 aliphatic heterocycles. The van der Waals surface area contributed by atoms with Crippen LogP contribution in [0.1, 0.15) is 77.0 Å². The van der Waals surface area contributed by atoms with E-state index in [9.17, 15) is 14.4 Å². The Morgan fingerprint density at radius 1 is 1.08 bits per heavy atom. The number of benzene rings is 1. The fraction of sp³-hybridized carbons (Fsp3) is 0.464. The van der Waals surface area contributed by atoms with Crippen LogP contribution in [0.5, 0.6) is 0 Å². The molecule has 1 unspecified atom stereocenters. The van der Waals surface area contributed by atoms with Crippen LogP contribution in [-0.4, -0.2) is 33.1 Å². The van der Waals surface area contributed by atoms with Gasteiger partial charge in [-0.05, 0) is 82.9 Å². The van der Waals surface area contributed by atoms with Gasteiger partial charge < -0.3 is 19.8 Å². The average molecular weight is 522 g/mol. The van der Waals surface area contributed by atoms with Gasteiger partial charge in [-0.2, -0.15) is 4.98 Å². The van der Waals surface area contributed by atoms with E-state index < -0.39 is 22.9 Å². The number of anilines is 2. The first-order valence-corrected chi connectivity index (χ1v) is 12.9. The molecule has 4 rings (SSSR count). The summed E-state index contributed by atoms with van der Waals surface area (Å²) >= 11 is 0. The number of carbonyl (C=O) groups excluding carboxylic acids is 2. The standard InChI is InChI=1S/C28H35N5O5/c1-17-20(32-26(36)38-27(3,4)5)9-10-21-22(17)23(34)37-25(31-21)33-28(13-7-6-8-14-28)24(35)30-18(2)19-11-15-29-16-12-19/h9-12,15-16,18H,6-8,13-14H2,1-5H3,(H,30,35)(H,31,33)(H,32,36). The lowest BCUT2D eigenvalue weighted by atomic mass is 9.80. The van der Waals surface area contributed by atoms with Gasteiger partial charge in [0.25, 0.3) is 6.01 Å². The zero-order valence-corrected chi connectivity index (χ0v) is 22.5. The van der Waals surface area contributed by atoms with Crippen LogP contribution in [-0.2, 0) is 9.53 Å². The van der Waals surface area contributed by atoms with Crippen molar-refractivity contribution in [2.24, 2.45) is 0 Å². The van der Waals surface area contributed by atoms with Gasteiger partial charge >= 0.3 is 11.7 Å². The topological polar surface area (TPSA) is 135 Å². The van der Waals surface area contributed by atoms with Crippen LogP contribution in [0.3, 0.4) is 0 Å². The van der Waals surface area contributed by atoms with E-state index in [-0.39, 0.29) is 23.3 Å². The van der Waals surface area contributed by atoms with Gasteiger partial charge in [0.15, 0.2) is 0 Å². The number of hydrogen-bond acceptors (Lipinski definition) is 8. The molecule has 2 heterocycles. The smallest absolute Gasteiger partial charge is 0.412 e. The van der Waals surface area contributed by atoms with Crippen LogP contribution in [0, 0.1) is 6.92 Å². The predicted octanol–water partition coefficient (Wildman–Crippen LogP) is 5.23. The highest BCUT2D eigenvalue weighted by Gasteiger charge is 2.41. The van der Waals surface area contributed by atoms with Crippen molar-refractivity contribution in [2.45, 2.75) is 83.9 Å². The first-order chi connectivity index (χ1) is 18.0. The second-order valence-electron chi connectivity index (χ2n) is 10.8. The van der Waals surface area contributed by atoms with Crippen molar-refractivity contribution in [3.63, 3.8) is 0 Å². The van der Waals surface area contributed by atoms with Crippen molar-refractivity contribution in [3.8, 4) is 0 Å². The molecule has 2 amide bonds. The molecule has 10 heteroatoms. The molecule has 1 aromatic carbocycles. The highest BCUT2D eigenvalue weighted by molar-refractivity contribution is 5.93. The van der Waals surface area contributed by atoms with Gasteiger partial charge in [0.1, 0.15) is 11.1 Å². The van der Waals surface area contributed by atoms with Gasteiger partial charge in [-0.15, -0.1) is 0 Å². The van der Waals surface area contributed by atoms with E-state index in [0.29, 0.717) is 29.6 Å². The Bertz CT molecular complexity index is 1370. The first-order valence-electron chi connectivity index (χ1n) is 12.9. The molecule has 1 aliphatic carbocycles. The summed E-state index contributed by atoms with van der Waals surface area (Å²) in [6.07, 6.45) is 6.68. The first kappa shape index (κ1) is 27.1. The van der Waals surface area contributed by atoms with E-state index in [1.54, 1.807) is 52.2 Å². The van der Waals surface area contributed by atoms with Gasteiger partial charge in [0, 0.05) is 18.1 Å². The lowest BCUT2D eigenvalue weighted by Gasteiger charge is -2.37. The van der Waals surface area contributed by atoms with Crippen molar-refractivity contribution in [1.29, 1.82) is 0 Å². The summed E-state index contributed by atoms with van der Waals surface area (Å²) in [6.45, 7) is 8.94. The third-order valence-corrected chi connectivity index (χ3v) is 6.74. The molecular formula is C28H35N5O5. The monoisotopic (exact) mass is 521 g/mol. The maximum atomic E-state index is 13.6. The molecular weight excluding hydrogens is 486 g/mol. The number of pyridine rings is 1. The number of ether oxygens (including phenoxy) is 1. The maximum Gasteiger partial charge on any atom is 0.412 e. The number of nitrogens with zero attached hydrogens (tertiary/aromatic N) is 2. The highest BCUT2D eigenvalue weighted by Crippen LogP contribution is 2.33. The van der Waals surface area contributed by atoms with Crippen LogP contribution >= 0.6 is 0 Å². The molecule has 3 N–H and O–H groups in total. The molecule has 10 nitrogen and oxygen atoms in total. The molecule has 202 valence electrons. The van der Waals surface area contributed by atoms with Crippen molar-refractivity contribution < 1.29 is 18.7 Å². The molecule has 0 bridgehead atoms. The lowest BCUT2D eigenvalue weighted by Crippen LogP contribution is -2.54. The van der Waals surface area contributed by atoms with Gasteiger partial charge in [-0.1, -0.05) is 19.3 Å². The number of amides is 2. The van der Waals surface area contributed by atoms with Crippen LogP contribution in [0.25, 0.3) is 10.9 Å². The number of aryl methyl sites for hydroxylation is 1. The molecule has 1 atom stereocenters. The van der Waals surface area contributed by atoms with Gasteiger partial charge in [0.2, 0.25) is 5.91 Å². The van der Waals surface area contributed by atoms with Crippen molar-refractivity contribution in [2.75, 3.05) is 10.6 Å². The molecule has 2 aromatic heterocycles. The number of hydrogen-bond donors (Lipinski definition) is 3. The van der Waals surface area contributed by atoms with Gasteiger partial charge in [-0.25, -0.2) is 9.59 Å². The van der Waals surface area contributed by atoms with Crippen molar-refractivity contribution in [1.82, 2.24) is 15.3 Å². The zero-order chi connectivity index (χ0) is 27.5. The van der Waals surface area contributed by atoms with Crippen LogP contribution in [0.2, 0.25) is 0 Å². The number of rotatable bonds is 6. The fourth-order valence-electron chi connectivity index (χ4n) is 4.76. The quantitative estimate of drug-likeness (QED) is 0.401. The predicted molar refractivity (Wildman–Crippen MR) is 145 cm³/mol. The van der Waals surface area contributed by atoms with E-state index >= 15 is 0 Å². The average Bonchev–Trinajstić information content (AvgIpc) is 2.85. The minimum atomic E-state index is -0.955. The minimum Gasteiger partial charge on any atom is -0.444 e. The van der Waals surface area contributed by atoms with E-state index in [1.165, 1.54) is 0 Å². The Morgan fingerprint density at radius 3 is 2.42 bits per heavy atom. The number of carbonyl (C=O) groups is 2. The third kappa shape index (κ3) is 6.12. The van der Waals surface area contributed by atoms with Crippen molar-refractivity contribution in [3.05, 3.63) is 58.2 Å². The van der Waals surface area contributed by atoms with Crippen LogP contribution < -0.4 is 21.6 Å². The Morgan fingerprint density at radius 2 is 1.76 bits per heavy atom. The Balaban J connectivity index is 1.60. The number of nitrogens with one attached hydrogen (secondary N) is 3. The summed E-state index contributed by atoms with van der Waals surface area (Å²) < 4.78 is 10.9. The fourth-order valence-corrected chi connectivity index (χ4v) is 4.76. The largest absolute Gasteiger partial charge is 0.444 e. The molecule has 0 spiro atoms. The molecule has 38 heavy (non-hydrogen) atoms. The van der Waals surface area contributed by atoms with Crippen LogP contribution in [0.15, 0.2) is 45.9 Å². The van der Waals surface area contributed by atoms with Gasteiger partial charge in [0.05, 0.1) is 16.9 Å². The molecule has 0 saturated heterocycles. The number of fused-ring (bicyclic) bond motifs is 1. The zero-order valence-electron chi connectivity index (χ0n) is 22.5. The lowest BCUT2D eigenvalue weighted by molar-refractivity contribution is -0.127. The summed E-state index contributed by atoms with van der Waals surface area (Å²) in [5, 5.41) is 9.21.